The van der Waals surface area contributed by atoms with E-state index in [1.54, 1.807) is 30.9 Å². The second-order valence-corrected chi connectivity index (χ2v) is 12.3. The summed E-state index contributed by atoms with van der Waals surface area (Å²) in [6, 6.07) is 11.7. The van der Waals surface area contributed by atoms with Gasteiger partial charge in [-0.25, -0.2) is 0 Å². The second-order valence-electron chi connectivity index (χ2n) is 10.5. The van der Waals surface area contributed by atoms with Crippen molar-refractivity contribution < 1.29 is 9.59 Å². The molecule has 2 aromatic heterocycles. The van der Waals surface area contributed by atoms with Gasteiger partial charge in [0.15, 0.2) is 5.96 Å². The summed E-state index contributed by atoms with van der Waals surface area (Å²) in [6.45, 7) is 0. The summed E-state index contributed by atoms with van der Waals surface area (Å²) in [6.07, 6.45) is 3.72. The number of benzene rings is 2. The zero-order valence-corrected chi connectivity index (χ0v) is 24.4. The lowest BCUT2D eigenvalue weighted by Crippen LogP contribution is -2.82. The zero-order valence-electron chi connectivity index (χ0n) is 21.2. The van der Waals surface area contributed by atoms with Gasteiger partial charge in [0.1, 0.15) is 11.1 Å². The third-order valence-electron chi connectivity index (χ3n) is 9.06. The molecule has 198 valence electrons. The molecule has 2 amide bonds. The number of nitrogens with one attached hydrogen (secondary N) is 5. The number of aromatic nitrogens is 2. The van der Waals surface area contributed by atoms with Crippen molar-refractivity contribution in [3.05, 3.63) is 68.9 Å². The minimum absolute atomic E-state index is 0.0217. The van der Waals surface area contributed by atoms with E-state index in [-0.39, 0.29) is 23.7 Å². The highest BCUT2D eigenvalue weighted by atomic mass is 79.9. The molecular formula is C27H24Br2N8O2. The first-order chi connectivity index (χ1) is 18.6. The molecule has 4 heterocycles. The molecule has 5 N–H and O–H groups in total. The van der Waals surface area contributed by atoms with E-state index in [1.807, 2.05) is 48.8 Å². The van der Waals surface area contributed by atoms with Crippen LogP contribution < -0.4 is 5.32 Å². The van der Waals surface area contributed by atoms with Gasteiger partial charge in [-0.3, -0.25) is 30.6 Å². The first-order valence-electron chi connectivity index (χ1n) is 12.3. The van der Waals surface area contributed by atoms with Crippen molar-refractivity contribution in [2.45, 2.75) is 22.9 Å². The molecule has 0 unspecified atom stereocenters. The first kappa shape index (κ1) is 24.4. The predicted octanol–water partition coefficient (Wildman–Crippen LogP) is 3.87. The lowest BCUT2D eigenvalue weighted by Gasteiger charge is -2.66. The quantitative estimate of drug-likeness (QED) is 0.225. The number of amides is 2. The lowest BCUT2D eigenvalue weighted by atomic mass is 9.42. The van der Waals surface area contributed by atoms with Gasteiger partial charge in [0.2, 0.25) is 5.96 Å². The van der Waals surface area contributed by atoms with Crippen molar-refractivity contribution in [2.75, 3.05) is 21.1 Å². The molecule has 2 aromatic carbocycles. The third kappa shape index (κ3) is 2.66. The van der Waals surface area contributed by atoms with Crippen LogP contribution in [0.25, 0.3) is 21.8 Å². The van der Waals surface area contributed by atoms with Crippen LogP contribution in [0.3, 0.4) is 0 Å². The fourth-order valence-corrected chi connectivity index (χ4v) is 8.12. The number of hydrogen-bond donors (Lipinski definition) is 5. The van der Waals surface area contributed by atoms with Gasteiger partial charge in [-0.05, 0) is 35.4 Å². The highest BCUT2D eigenvalue weighted by Gasteiger charge is 2.85. The Balaban J connectivity index is 1.60. The molecule has 2 spiro atoms. The number of aromatic amines is 2. The van der Waals surface area contributed by atoms with Gasteiger partial charge in [-0.15, -0.1) is 0 Å². The number of hydrogen-bond acceptors (Lipinski definition) is 4. The van der Waals surface area contributed by atoms with Gasteiger partial charge < -0.3 is 19.8 Å². The van der Waals surface area contributed by atoms with E-state index in [4.69, 9.17) is 10.8 Å². The van der Waals surface area contributed by atoms with Crippen LogP contribution in [0.5, 0.6) is 0 Å². The summed E-state index contributed by atoms with van der Waals surface area (Å²) >= 11 is 7.06. The van der Waals surface area contributed by atoms with Crippen LogP contribution in [-0.4, -0.2) is 80.6 Å². The minimum atomic E-state index is -1.31. The molecule has 1 saturated carbocycles. The largest absolute Gasteiger partial charge is 0.361 e. The lowest BCUT2D eigenvalue weighted by molar-refractivity contribution is -0.162. The number of rotatable bonds is 2. The number of halogens is 2. The van der Waals surface area contributed by atoms with Crippen LogP contribution in [0.1, 0.15) is 23.0 Å². The first-order valence-corrected chi connectivity index (χ1v) is 13.9. The normalized spacial score (nSPS) is 28.6. The van der Waals surface area contributed by atoms with Crippen molar-refractivity contribution in [1.29, 1.82) is 10.8 Å². The van der Waals surface area contributed by atoms with E-state index < -0.39 is 22.9 Å². The van der Waals surface area contributed by atoms with Crippen molar-refractivity contribution >= 4 is 77.4 Å². The standard InChI is InChI=1S/C27H24Br2N8O2/c1-35-23(39)27(37(3)25(35)31)20(16-10-32-18-8-12(28)4-6-14(16)18)26(22(38)34-24(30)36(26)2)21(27)17-11-33-19-9-13(29)5-7-15(17)19/h4-11,20-21,31-33H,1-3H3,(H2,30,34,38)/t20-,21-,26?,27?/m1/s1. The number of H-pyrrole nitrogens is 2. The third-order valence-corrected chi connectivity index (χ3v) is 10.0. The second kappa shape index (κ2) is 7.72. The fraction of sp³-hybridized carbons (Fsp3) is 0.259. The molecule has 4 aromatic rings. The van der Waals surface area contributed by atoms with Crippen LogP contribution in [0.4, 0.5) is 0 Å². The molecule has 3 fully saturated rings. The number of likely N-dealkylation sites (N-methyl/N-ethyl adjacent to an activating group) is 3. The maximum Gasteiger partial charge on any atom is 0.256 e. The van der Waals surface area contributed by atoms with Crippen LogP contribution in [0.15, 0.2) is 57.7 Å². The molecule has 7 rings (SSSR count). The average molecular weight is 652 g/mol. The van der Waals surface area contributed by atoms with E-state index >= 15 is 0 Å². The minimum Gasteiger partial charge on any atom is -0.361 e. The smallest absolute Gasteiger partial charge is 0.256 e. The van der Waals surface area contributed by atoms with Gasteiger partial charge in [-0.2, -0.15) is 0 Å². The van der Waals surface area contributed by atoms with E-state index in [1.165, 1.54) is 4.90 Å². The summed E-state index contributed by atoms with van der Waals surface area (Å²) in [5, 5.41) is 22.0. The van der Waals surface area contributed by atoms with Crippen molar-refractivity contribution in [2.24, 2.45) is 0 Å². The maximum atomic E-state index is 14.5. The topological polar surface area (TPSA) is 135 Å². The SMILES string of the molecule is CN1C(=N)N(C)C2(C1=O)[C@H](c1c[nH]c3cc(Br)ccc13)C1(C(=O)NC(=N)N1C)[C@H]2c1c[nH]c2cc(Br)ccc12. The molecule has 12 heteroatoms. The highest BCUT2D eigenvalue weighted by Crippen LogP contribution is 2.70. The molecule has 0 bridgehead atoms. The number of fused-ring (bicyclic) bond motifs is 2. The number of guanidine groups is 2. The van der Waals surface area contributed by atoms with Crippen molar-refractivity contribution in [3.8, 4) is 0 Å². The van der Waals surface area contributed by atoms with Crippen LogP contribution in [-0.2, 0) is 9.59 Å². The Labute approximate surface area is 240 Å². The fourth-order valence-electron chi connectivity index (χ4n) is 7.40. The summed E-state index contributed by atoms with van der Waals surface area (Å²) in [4.78, 5) is 40.1. The van der Waals surface area contributed by atoms with Crippen LogP contribution in [0, 0.1) is 10.8 Å². The van der Waals surface area contributed by atoms with Gasteiger partial charge in [0, 0.05) is 64.3 Å². The van der Waals surface area contributed by atoms with Gasteiger partial charge in [0.25, 0.3) is 11.8 Å². The van der Waals surface area contributed by atoms with Gasteiger partial charge >= 0.3 is 0 Å². The zero-order chi connectivity index (χ0) is 27.6. The molecular weight excluding hydrogens is 628 g/mol. The summed E-state index contributed by atoms with van der Waals surface area (Å²) in [7, 11) is 5.10. The number of nitrogens with zero attached hydrogens (tertiary/aromatic N) is 3. The summed E-state index contributed by atoms with van der Waals surface area (Å²) in [5.41, 5.74) is 0.687. The highest BCUT2D eigenvalue weighted by molar-refractivity contribution is 9.10. The molecule has 2 aliphatic heterocycles. The van der Waals surface area contributed by atoms with Crippen LogP contribution in [0.2, 0.25) is 0 Å². The monoisotopic (exact) mass is 650 g/mol. The molecule has 39 heavy (non-hydrogen) atoms. The average Bonchev–Trinajstić information content (AvgIpc) is 3.59. The van der Waals surface area contributed by atoms with Crippen molar-refractivity contribution in [1.82, 2.24) is 30.0 Å². The summed E-state index contributed by atoms with van der Waals surface area (Å²) in [5.74, 6) is -1.97. The molecule has 1 aliphatic carbocycles. The number of carbonyl (C=O) groups excluding carboxylic acids is 2. The number of carbonyl (C=O) groups is 2. The van der Waals surface area contributed by atoms with E-state index in [0.717, 1.165) is 41.9 Å². The predicted molar refractivity (Wildman–Crippen MR) is 155 cm³/mol. The molecule has 3 aliphatic rings. The molecule has 10 nitrogen and oxygen atoms in total. The Bertz CT molecular complexity index is 1700. The Hall–Kier alpha value is -3.64. The van der Waals surface area contributed by atoms with Crippen molar-refractivity contribution in [3.63, 3.8) is 0 Å². The Kier molecular flexibility index (Phi) is 4.83. The van der Waals surface area contributed by atoms with Crippen LogP contribution >= 0.6 is 31.9 Å². The Morgan fingerprint density at radius 3 is 1.72 bits per heavy atom. The summed E-state index contributed by atoms with van der Waals surface area (Å²) < 4.78 is 1.80. The Morgan fingerprint density at radius 1 is 0.795 bits per heavy atom. The maximum absolute atomic E-state index is 14.5. The molecule has 2 saturated heterocycles. The Morgan fingerprint density at radius 2 is 1.31 bits per heavy atom. The molecule has 2 atom stereocenters. The van der Waals surface area contributed by atoms with E-state index in [9.17, 15) is 9.59 Å². The van der Waals surface area contributed by atoms with E-state index in [0.29, 0.717) is 0 Å². The van der Waals surface area contributed by atoms with Gasteiger partial charge in [-0.1, -0.05) is 44.0 Å². The van der Waals surface area contributed by atoms with Gasteiger partial charge in [0.05, 0.1) is 11.8 Å². The molecule has 0 radical (unpaired) electrons. The van der Waals surface area contributed by atoms with E-state index in [2.05, 4.69) is 47.1 Å².